The van der Waals surface area contributed by atoms with E-state index in [1.165, 1.54) is 42.5 Å². The summed E-state index contributed by atoms with van der Waals surface area (Å²) in [6.45, 7) is -2.70. The number of halogens is 5. The molecule has 1 saturated heterocycles. The highest BCUT2D eigenvalue weighted by molar-refractivity contribution is 5.93. The second-order valence-corrected chi connectivity index (χ2v) is 6.89. The first-order valence-electron chi connectivity index (χ1n) is 9.40. The van der Waals surface area contributed by atoms with Gasteiger partial charge in [0.05, 0.1) is 18.6 Å². The van der Waals surface area contributed by atoms with Crippen molar-refractivity contribution in [3.05, 3.63) is 42.1 Å². The largest absolute Gasteiger partial charge is 0.493 e. The van der Waals surface area contributed by atoms with Crippen LogP contribution in [0.15, 0.2) is 36.5 Å². The Bertz CT molecular complexity index is 923. The van der Waals surface area contributed by atoms with Gasteiger partial charge in [-0.1, -0.05) is 0 Å². The van der Waals surface area contributed by atoms with Crippen molar-refractivity contribution < 1.29 is 36.2 Å². The Balaban J connectivity index is 1.74. The zero-order chi connectivity index (χ0) is 22.6. The SMILES string of the molecule is COc1ccc(NC(=O)C2CCCN(c3ncccc3C(F)(F)F)C2)cc1OC(F)F. The first kappa shape index (κ1) is 22.6. The van der Waals surface area contributed by atoms with Crippen molar-refractivity contribution in [2.45, 2.75) is 25.6 Å². The first-order chi connectivity index (χ1) is 14.7. The lowest BCUT2D eigenvalue weighted by atomic mass is 9.96. The van der Waals surface area contributed by atoms with Crippen LogP contribution in [0.5, 0.6) is 11.5 Å². The smallest absolute Gasteiger partial charge is 0.419 e. The van der Waals surface area contributed by atoms with Gasteiger partial charge in [0.1, 0.15) is 5.82 Å². The van der Waals surface area contributed by atoms with Gasteiger partial charge in [-0.15, -0.1) is 0 Å². The second kappa shape index (κ2) is 9.36. The van der Waals surface area contributed by atoms with Gasteiger partial charge in [-0.25, -0.2) is 4.98 Å². The van der Waals surface area contributed by atoms with Crippen molar-refractivity contribution in [3.8, 4) is 11.5 Å². The van der Waals surface area contributed by atoms with Crippen molar-refractivity contribution >= 4 is 17.4 Å². The standard InChI is InChI=1S/C20H20F5N3O3/c1-30-15-7-6-13(10-16(15)31-19(21)22)27-18(29)12-4-3-9-28(11-12)17-14(20(23,24)25)5-2-8-26-17/h2,5-8,10,12,19H,3-4,9,11H2,1H3,(H,27,29). The van der Waals surface area contributed by atoms with Crippen LogP contribution in [0.4, 0.5) is 33.5 Å². The molecule has 1 aromatic heterocycles. The molecule has 1 N–H and O–H groups in total. The van der Waals surface area contributed by atoms with E-state index in [4.69, 9.17) is 4.74 Å². The van der Waals surface area contributed by atoms with Crippen molar-refractivity contribution in [2.75, 3.05) is 30.4 Å². The number of pyridine rings is 1. The van der Waals surface area contributed by atoms with Gasteiger partial charge < -0.3 is 19.7 Å². The summed E-state index contributed by atoms with van der Waals surface area (Å²) >= 11 is 0. The van der Waals surface area contributed by atoms with Crippen LogP contribution in [0.2, 0.25) is 0 Å². The number of carbonyl (C=O) groups is 1. The maximum atomic E-state index is 13.3. The van der Waals surface area contributed by atoms with Crippen LogP contribution in [0.3, 0.4) is 0 Å². The van der Waals surface area contributed by atoms with Gasteiger partial charge in [0, 0.05) is 31.0 Å². The lowest BCUT2D eigenvalue weighted by Gasteiger charge is -2.34. The number of aromatic nitrogens is 1. The Morgan fingerprint density at radius 3 is 2.71 bits per heavy atom. The number of alkyl halides is 5. The molecule has 168 valence electrons. The van der Waals surface area contributed by atoms with E-state index in [0.29, 0.717) is 19.4 Å². The minimum Gasteiger partial charge on any atom is -0.493 e. The third kappa shape index (κ3) is 5.53. The zero-order valence-electron chi connectivity index (χ0n) is 16.5. The van der Waals surface area contributed by atoms with Gasteiger partial charge in [-0.05, 0) is 37.1 Å². The molecule has 1 fully saturated rings. The van der Waals surface area contributed by atoms with Crippen LogP contribution in [0, 0.1) is 5.92 Å². The molecule has 1 unspecified atom stereocenters. The number of hydrogen-bond acceptors (Lipinski definition) is 5. The lowest BCUT2D eigenvalue weighted by molar-refractivity contribution is -0.137. The quantitative estimate of drug-likeness (QED) is 0.661. The first-order valence-corrected chi connectivity index (χ1v) is 9.40. The summed E-state index contributed by atoms with van der Waals surface area (Å²) in [5.41, 5.74) is -0.660. The van der Waals surface area contributed by atoms with Crippen molar-refractivity contribution in [1.29, 1.82) is 0 Å². The van der Waals surface area contributed by atoms with Crippen molar-refractivity contribution in [1.82, 2.24) is 4.98 Å². The van der Waals surface area contributed by atoms with Gasteiger partial charge in [-0.3, -0.25) is 4.79 Å². The fraction of sp³-hybridized carbons (Fsp3) is 0.400. The number of methoxy groups -OCH3 is 1. The van der Waals surface area contributed by atoms with E-state index >= 15 is 0 Å². The average molecular weight is 445 g/mol. The van der Waals surface area contributed by atoms with Gasteiger partial charge in [0.2, 0.25) is 5.91 Å². The highest BCUT2D eigenvalue weighted by Gasteiger charge is 2.37. The van der Waals surface area contributed by atoms with Crippen LogP contribution < -0.4 is 19.7 Å². The molecular weight excluding hydrogens is 425 g/mol. The van der Waals surface area contributed by atoms with Crippen molar-refractivity contribution in [2.24, 2.45) is 5.92 Å². The highest BCUT2D eigenvalue weighted by atomic mass is 19.4. The summed E-state index contributed by atoms with van der Waals surface area (Å²) < 4.78 is 74.5. The Kier molecular flexibility index (Phi) is 6.81. The number of carbonyl (C=O) groups excluding carboxylic acids is 1. The van der Waals surface area contributed by atoms with E-state index in [2.05, 4.69) is 15.0 Å². The summed E-state index contributed by atoms with van der Waals surface area (Å²) in [6, 6.07) is 6.18. The molecule has 2 heterocycles. The Hall–Kier alpha value is -3.11. The summed E-state index contributed by atoms with van der Waals surface area (Å²) in [5.74, 6) is -1.45. The topological polar surface area (TPSA) is 63.7 Å². The minimum absolute atomic E-state index is 0.0441. The molecule has 0 aliphatic carbocycles. The molecule has 0 radical (unpaired) electrons. The van der Waals surface area contributed by atoms with Crippen LogP contribution >= 0.6 is 0 Å². The number of rotatable bonds is 6. The van der Waals surface area contributed by atoms with Gasteiger partial charge in [-0.2, -0.15) is 22.0 Å². The molecule has 2 aromatic rings. The fourth-order valence-corrected chi connectivity index (χ4v) is 3.44. The van der Waals surface area contributed by atoms with E-state index in [1.54, 1.807) is 0 Å². The van der Waals surface area contributed by atoms with Crippen LogP contribution in [-0.2, 0) is 11.0 Å². The number of ether oxygens (including phenoxy) is 2. The molecule has 1 aliphatic heterocycles. The normalized spacial score (nSPS) is 16.9. The fourth-order valence-electron chi connectivity index (χ4n) is 3.44. The number of amides is 1. The summed E-state index contributed by atoms with van der Waals surface area (Å²) in [7, 11) is 1.29. The summed E-state index contributed by atoms with van der Waals surface area (Å²) in [5, 5.41) is 2.60. The molecule has 6 nitrogen and oxygen atoms in total. The molecule has 1 amide bonds. The molecule has 0 saturated carbocycles. The number of piperidine rings is 1. The van der Waals surface area contributed by atoms with E-state index in [0.717, 1.165) is 6.07 Å². The molecule has 1 aliphatic rings. The van der Waals surface area contributed by atoms with E-state index in [-0.39, 0.29) is 29.5 Å². The number of nitrogens with zero attached hydrogens (tertiary/aromatic N) is 2. The number of benzene rings is 1. The van der Waals surface area contributed by atoms with E-state index in [1.807, 2.05) is 0 Å². The zero-order valence-corrected chi connectivity index (χ0v) is 16.5. The maximum absolute atomic E-state index is 13.3. The van der Waals surface area contributed by atoms with Gasteiger partial charge in [0.25, 0.3) is 0 Å². The third-order valence-electron chi connectivity index (χ3n) is 4.83. The maximum Gasteiger partial charge on any atom is 0.419 e. The molecule has 0 spiro atoms. The van der Waals surface area contributed by atoms with E-state index < -0.39 is 30.2 Å². The predicted molar refractivity (Wildman–Crippen MR) is 102 cm³/mol. The van der Waals surface area contributed by atoms with Gasteiger partial charge >= 0.3 is 12.8 Å². The summed E-state index contributed by atoms with van der Waals surface area (Å²) in [4.78, 5) is 18.0. The molecule has 11 heteroatoms. The molecule has 0 bridgehead atoms. The Labute approximate surface area is 175 Å². The monoisotopic (exact) mass is 445 g/mol. The second-order valence-electron chi connectivity index (χ2n) is 6.89. The lowest BCUT2D eigenvalue weighted by Crippen LogP contribution is -2.42. The summed E-state index contributed by atoms with van der Waals surface area (Å²) in [6.07, 6.45) is -2.33. The molecule has 1 atom stereocenters. The average Bonchev–Trinajstić information content (AvgIpc) is 2.73. The third-order valence-corrected chi connectivity index (χ3v) is 4.83. The Morgan fingerprint density at radius 1 is 1.26 bits per heavy atom. The van der Waals surface area contributed by atoms with Crippen molar-refractivity contribution in [3.63, 3.8) is 0 Å². The predicted octanol–water partition coefficient (Wildman–Crippen LogP) is 4.57. The molecular formula is C20H20F5N3O3. The number of anilines is 2. The number of hydrogen-bond donors (Lipinski definition) is 1. The Morgan fingerprint density at radius 2 is 2.03 bits per heavy atom. The minimum atomic E-state index is -4.57. The molecule has 3 rings (SSSR count). The van der Waals surface area contributed by atoms with Crippen LogP contribution in [-0.4, -0.2) is 37.7 Å². The molecule has 1 aromatic carbocycles. The van der Waals surface area contributed by atoms with Crippen LogP contribution in [0.25, 0.3) is 0 Å². The van der Waals surface area contributed by atoms with Gasteiger partial charge in [0.15, 0.2) is 11.5 Å². The van der Waals surface area contributed by atoms with Crippen LogP contribution in [0.1, 0.15) is 18.4 Å². The number of nitrogens with one attached hydrogen (secondary N) is 1. The van der Waals surface area contributed by atoms with E-state index in [9.17, 15) is 26.7 Å². The highest BCUT2D eigenvalue weighted by Crippen LogP contribution is 2.37. The molecule has 31 heavy (non-hydrogen) atoms.